The van der Waals surface area contributed by atoms with E-state index in [9.17, 15) is 18.3 Å². The molecule has 1 unspecified atom stereocenters. The summed E-state index contributed by atoms with van der Waals surface area (Å²) < 4.78 is 42.7. The van der Waals surface area contributed by atoms with E-state index in [-0.39, 0.29) is 0 Å². The van der Waals surface area contributed by atoms with Crippen molar-refractivity contribution in [3.8, 4) is 5.75 Å². The molecule has 1 N–H and O–H groups in total. The van der Waals surface area contributed by atoms with Crippen molar-refractivity contribution >= 4 is 11.6 Å². The molecule has 2 aromatic rings. The van der Waals surface area contributed by atoms with Crippen molar-refractivity contribution in [1.29, 1.82) is 0 Å². The summed E-state index contributed by atoms with van der Waals surface area (Å²) in [5, 5.41) is 10.7. The molecule has 0 aliphatic rings. The van der Waals surface area contributed by atoms with Crippen LogP contribution in [0, 0.1) is 0 Å². The van der Waals surface area contributed by atoms with E-state index in [1.165, 1.54) is 25.3 Å². The van der Waals surface area contributed by atoms with Crippen LogP contribution in [0.2, 0.25) is 5.02 Å². The lowest BCUT2D eigenvalue weighted by molar-refractivity contribution is -0.137. The largest absolute Gasteiger partial charge is 0.496 e. The maximum absolute atomic E-state index is 12.5. The van der Waals surface area contributed by atoms with Gasteiger partial charge >= 0.3 is 6.18 Å². The summed E-state index contributed by atoms with van der Waals surface area (Å²) >= 11 is 5.83. The molecule has 2 aromatic carbocycles. The second-order valence-electron chi connectivity index (χ2n) is 4.41. The molecule has 2 rings (SSSR count). The summed E-state index contributed by atoms with van der Waals surface area (Å²) in [7, 11) is 1.43. The molecule has 0 aliphatic heterocycles. The highest BCUT2D eigenvalue weighted by molar-refractivity contribution is 6.30. The zero-order valence-electron chi connectivity index (χ0n) is 11.0. The average molecular weight is 317 g/mol. The van der Waals surface area contributed by atoms with Crippen LogP contribution < -0.4 is 4.74 Å². The van der Waals surface area contributed by atoms with Gasteiger partial charge in [-0.2, -0.15) is 13.2 Å². The smallest absolute Gasteiger partial charge is 0.416 e. The quantitative estimate of drug-likeness (QED) is 0.906. The van der Waals surface area contributed by atoms with Gasteiger partial charge in [-0.25, -0.2) is 0 Å². The number of benzene rings is 2. The van der Waals surface area contributed by atoms with Gasteiger partial charge < -0.3 is 9.84 Å². The van der Waals surface area contributed by atoms with Crippen LogP contribution in [0.25, 0.3) is 0 Å². The third-order valence-electron chi connectivity index (χ3n) is 3.04. The molecule has 0 aromatic heterocycles. The van der Waals surface area contributed by atoms with Crippen LogP contribution in [0.3, 0.4) is 0 Å². The SMILES string of the molecule is COc1cc(Cl)ccc1C(O)c1ccc(C(F)(F)F)cc1. The Morgan fingerprint density at radius 1 is 1.10 bits per heavy atom. The molecular weight excluding hydrogens is 305 g/mol. The van der Waals surface area contributed by atoms with Crippen LogP contribution in [0.1, 0.15) is 22.8 Å². The number of hydrogen-bond donors (Lipinski definition) is 1. The number of methoxy groups -OCH3 is 1. The third-order valence-corrected chi connectivity index (χ3v) is 3.28. The van der Waals surface area contributed by atoms with Crippen molar-refractivity contribution in [3.63, 3.8) is 0 Å². The molecule has 21 heavy (non-hydrogen) atoms. The Bertz CT molecular complexity index is 624. The summed E-state index contributed by atoms with van der Waals surface area (Å²) in [6.45, 7) is 0. The van der Waals surface area contributed by atoms with Crippen molar-refractivity contribution in [2.75, 3.05) is 7.11 Å². The van der Waals surface area contributed by atoms with Crippen molar-refractivity contribution in [3.05, 3.63) is 64.2 Å². The van der Waals surface area contributed by atoms with E-state index < -0.39 is 17.8 Å². The molecular formula is C15H12ClF3O2. The predicted octanol–water partition coefficient (Wildman–Crippen LogP) is 4.45. The fraction of sp³-hybridized carbons (Fsp3) is 0.200. The average Bonchev–Trinajstić information content (AvgIpc) is 2.45. The van der Waals surface area contributed by atoms with E-state index in [1.807, 2.05) is 0 Å². The normalized spacial score (nSPS) is 13.0. The minimum absolute atomic E-state index is 0.337. The first kappa shape index (κ1) is 15.7. The standard InChI is InChI=1S/C15H12ClF3O2/c1-21-13-8-11(16)6-7-12(13)14(20)9-2-4-10(5-3-9)15(17,18)19/h2-8,14,20H,1H3. The third kappa shape index (κ3) is 3.49. The molecule has 1 atom stereocenters. The maximum atomic E-state index is 12.5. The van der Waals surface area contributed by atoms with Crippen LogP contribution in [-0.2, 0) is 6.18 Å². The maximum Gasteiger partial charge on any atom is 0.416 e. The lowest BCUT2D eigenvalue weighted by atomic mass is 9.99. The van der Waals surface area contributed by atoms with E-state index in [1.54, 1.807) is 12.1 Å². The Hall–Kier alpha value is -1.72. The van der Waals surface area contributed by atoms with Gasteiger partial charge in [-0.1, -0.05) is 29.8 Å². The highest BCUT2D eigenvalue weighted by Gasteiger charge is 2.30. The van der Waals surface area contributed by atoms with E-state index in [4.69, 9.17) is 16.3 Å². The Morgan fingerprint density at radius 2 is 1.71 bits per heavy atom. The van der Waals surface area contributed by atoms with Gasteiger partial charge in [0.1, 0.15) is 11.9 Å². The lowest BCUT2D eigenvalue weighted by Gasteiger charge is -2.16. The first-order chi connectivity index (χ1) is 9.82. The Balaban J connectivity index is 2.34. The van der Waals surface area contributed by atoms with Gasteiger partial charge in [0.2, 0.25) is 0 Å². The minimum atomic E-state index is -4.40. The van der Waals surface area contributed by atoms with E-state index in [0.29, 0.717) is 21.9 Å². The molecule has 0 saturated carbocycles. The summed E-state index contributed by atoms with van der Waals surface area (Å²) in [6, 6.07) is 9.02. The predicted molar refractivity (Wildman–Crippen MR) is 73.5 cm³/mol. The van der Waals surface area contributed by atoms with Crippen molar-refractivity contribution in [1.82, 2.24) is 0 Å². The fourth-order valence-electron chi connectivity index (χ4n) is 1.94. The molecule has 6 heteroatoms. The van der Waals surface area contributed by atoms with Crippen LogP contribution in [-0.4, -0.2) is 12.2 Å². The van der Waals surface area contributed by atoms with Crippen molar-refractivity contribution < 1.29 is 23.0 Å². The first-order valence-electron chi connectivity index (χ1n) is 6.01. The number of alkyl halides is 3. The first-order valence-corrected chi connectivity index (χ1v) is 6.39. The number of ether oxygens (including phenoxy) is 1. The molecule has 0 fully saturated rings. The summed E-state index contributed by atoms with van der Waals surface area (Å²) in [5.41, 5.74) is 0.00630. The van der Waals surface area contributed by atoms with Gasteiger partial charge in [-0.15, -0.1) is 0 Å². The molecule has 0 radical (unpaired) electrons. The van der Waals surface area contributed by atoms with Crippen LogP contribution >= 0.6 is 11.6 Å². The highest BCUT2D eigenvalue weighted by atomic mass is 35.5. The zero-order valence-corrected chi connectivity index (χ0v) is 11.7. The second-order valence-corrected chi connectivity index (χ2v) is 4.85. The van der Waals surface area contributed by atoms with Crippen molar-refractivity contribution in [2.45, 2.75) is 12.3 Å². The Kier molecular flexibility index (Phi) is 4.44. The van der Waals surface area contributed by atoms with Gasteiger partial charge in [0.05, 0.1) is 12.7 Å². The van der Waals surface area contributed by atoms with Crippen LogP contribution in [0.4, 0.5) is 13.2 Å². The second kappa shape index (κ2) is 5.95. The van der Waals surface area contributed by atoms with Gasteiger partial charge in [0, 0.05) is 10.6 Å². The molecule has 2 nitrogen and oxygen atoms in total. The molecule has 0 saturated heterocycles. The monoisotopic (exact) mass is 316 g/mol. The molecule has 0 amide bonds. The zero-order chi connectivity index (χ0) is 15.6. The summed E-state index contributed by atoms with van der Waals surface area (Å²) in [5.74, 6) is 0.370. The lowest BCUT2D eigenvalue weighted by Crippen LogP contribution is -2.06. The number of rotatable bonds is 3. The number of aliphatic hydroxyl groups is 1. The van der Waals surface area contributed by atoms with E-state index >= 15 is 0 Å². The topological polar surface area (TPSA) is 29.5 Å². The summed E-state index contributed by atoms with van der Waals surface area (Å²) in [6.07, 6.45) is -5.50. The Morgan fingerprint density at radius 3 is 2.24 bits per heavy atom. The number of aliphatic hydroxyl groups excluding tert-OH is 1. The minimum Gasteiger partial charge on any atom is -0.496 e. The Labute approximate surface area is 124 Å². The van der Waals surface area contributed by atoms with Crippen LogP contribution in [0.15, 0.2) is 42.5 Å². The highest BCUT2D eigenvalue weighted by Crippen LogP contribution is 2.34. The van der Waals surface area contributed by atoms with Gasteiger partial charge in [-0.3, -0.25) is 0 Å². The number of halogens is 4. The molecule has 0 aliphatic carbocycles. The van der Waals surface area contributed by atoms with E-state index in [0.717, 1.165) is 12.1 Å². The van der Waals surface area contributed by atoms with Gasteiger partial charge in [0.15, 0.2) is 0 Å². The van der Waals surface area contributed by atoms with Gasteiger partial charge in [-0.05, 0) is 29.8 Å². The molecule has 112 valence electrons. The molecule has 0 heterocycles. The van der Waals surface area contributed by atoms with Gasteiger partial charge in [0.25, 0.3) is 0 Å². The fourth-order valence-corrected chi connectivity index (χ4v) is 2.11. The van der Waals surface area contributed by atoms with E-state index in [2.05, 4.69) is 0 Å². The summed E-state index contributed by atoms with van der Waals surface area (Å²) in [4.78, 5) is 0. The van der Waals surface area contributed by atoms with Crippen molar-refractivity contribution in [2.24, 2.45) is 0 Å². The van der Waals surface area contributed by atoms with Crippen LogP contribution in [0.5, 0.6) is 5.75 Å². The number of hydrogen-bond acceptors (Lipinski definition) is 2. The molecule has 0 bridgehead atoms. The molecule has 0 spiro atoms.